The van der Waals surface area contributed by atoms with Crippen LogP contribution in [0.15, 0.2) is 42.6 Å². The molecule has 0 unspecified atom stereocenters. The van der Waals surface area contributed by atoms with Crippen LogP contribution in [0.1, 0.15) is 10.5 Å². The number of ether oxygens (including phenoxy) is 1. The highest BCUT2D eigenvalue weighted by molar-refractivity contribution is 5.96. The zero-order valence-electron chi connectivity index (χ0n) is 10.9. The van der Waals surface area contributed by atoms with Crippen LogP contribution in [0.2, 0.25) is 0 Å². The molecule has 1 aromatic heterocycles. The first-order valence-corrected chi connectivity index (χ1v) is 6.15. The Bertz CT molecular complexity index is 522. The number of hydrogen-bond acceptors (Lipinski definition) is 4. The number of para-hydroxylation sites is 1. The number of methoxy groups -OCH3 is 1. The summed E-state index contributed by atoms with van der Waals surface area (Å²) in [5.41, 5.74) is 1.46. The van der Waals surface area contributed by atoms with E-state index in [0.29, 0.717) is 18.8 Å². The highest BCUT2D eigenvalue weighted by Crippen LogP contribution is 2.10. The number of carbonyl (C=O) groups is 1. The molecule has 1 N–H and O–H groups in total. The van der Waals surface area contributed by atoms with E-state index in [2.05, 4.69) is 10.4 Å². The summed E-state index contributed by atoms with van der Waals surface area (Å²) in [5, 5.41) is 7.23. The largest absolute Gasteiger partial charge is 0.383 e. The molecule has 0 amide bonds. The van der Waals surface area contributed by atoms with Crippen LogP contribution in [-0.2, 0) is 4.74 Å². The summed E-state index contributed by atoms with van der Waals surface area (Å²) < 4.78 is 6.57. The van der Waals surface area contributed by atoms with Crippen molar-refractivity contribution >= 4 is 5.78 Å². The van der Waals surface area contributed by atoms with Crippen LogP contribution in [0.3, 0.4) is 0 Å². The van der Waals surface area contributed by atoms with Gasteiger partial charge in [0.15, 0.2) is 5.78 Å². The summed E-state index contributed by atoms with van der Waals surface area (Å²) in [4.78, 5) is 12.1. The first kappa shape index (κ1) is 13.5. The van der Waals surface area contributed by atoms with Crippen LogP contribution in [0.25, 0.3) is 5.69 Å². The van der Waals surface area contributed by atoms with Gasteiger partial charge in [-0.25, -0.2) is 4.68 Å². The number of nitrogens with zero attached hydrogens (tertiary/aromatic N) is 2. The maximum Gasteiger partial charge on any atom is 0.195 e. The lowest BCUT2D eigenvalue weighted by Gasteiger charge is -2.07. The highest BCUT2D eigenvalue weighted by Gasteiger charge is 2.12. The maximum absolute atomic E-state index is 12.1. The Hall–Kier alpha value is -1.98. The maximum atomic E-state index is 12.1. The van der Waals surface area contributed by atoms with E-state index < -0.39 is 0 Å². The predicted octanol–water partition coefficient (Wildman–Crippen LogP) is 1.29. The molecule has 1 aromatic carbocycles. The van der Waals surface area contributed by atoms with Gasteiger partial charge in [0.2, 0.25) is 0 Å². The van der Waals surface area contributed by atoms with Crippen LogP contribution in [0.5, 0.6) is 0 Å². The van der Waals surface area contributed by atoms with Gasteiger partial charge in [0, 0.05) is 13.7 Å². The zero-order valence-corrected chi connectivity index (χ0v) is 10.9. The molecule has 0 radical (unpaired) electrons. The lowest BCUT2D eigenvalue weighted by molar-refractivity contribution is 0.0980. The van der Waals surface area contributed by atoms with Crippen LogP contribution < -0.4 is 5.32 Å². The molecule has 0 aliphatic carbocycles. The Labute approximate surface area is 112 Å². The van der Waals surface area contributed by atoms with E-state index in [1.54, 1.807) is 24.1 Å². The van der Waals surface area contributed by atoms with Gasteiger partial charge in [0.1, 0.15) is 5.69 Å². The monoisotopic (exact) mass is 259 g/mol. The second kappa shape index (κ2) is 6.82. The van der Waals surface area contributed by atoms with Gasteiger partial charge in [-0.3, -0.25) is 4.79 Å². The number of benzene rings is 1. The van der Waals surface area contributed by atoms with E-state index in [0.717, 1.165) is 5.69 Å². The van der Waals surface area contributed by atoms with Crippen molar-refractivity contribution in [2.45, 2.75) is 0 Å². The minimum Gasteiger partial charge on any atom is -0.383 e. The Morgan fingerprint density at radius 2 is 2.11 bits per heavy atom. The Morgan fingerprint density at radius 3 is 2.84 bits per heavy atom. The number of carbonyl (C=O) groups excluding carboxylic acids is 1. The van der Waals surface area contributed by atoms with E-state index in [9.17, 15) is 4.79 Å². The first-order chi connectivity index (χ1) is 9.33. The number of nitrogens with one attached hydrogen (secondary N) is 1. The van der Waals surface area contributed by atoms with E-state index in [1.165, 1.54) is 0 Å². The minimum atomic E-state index is 0.0115. The lowest BCUT2D eigenvalue weighted by atomic mass is 10.2. The van der Waals surface area contributed by atoms with E-state index in [-0.39, 0.29) is 12.3 Å². The van der Waals surface area contributed by atoms with Gasteiger partial charge in [-0.2, -0.15) is 5.10 Å². The van der Waals surface area contributed by atoms with Crippen molar-refractivity contribution in [1.82, 2.24) is 15.1 Å². The number of rotatable bonds is 7. The van der Waals surface area contributed by atoms with Gasteiger partial charge in [0.25, 0.3) is 0 Å². The number of Topliss-reactive ketones (excluding diaryl/α,β-unsaturated/α-hetero) is 1. The molecule has 0 aliphatic heterocycles. The smallest absolute Gasteiger partial charge is 0.195 e. The Morgan fingerprint density at radius 1 is 1.32 bits per heavy atom. The summed E-state index contributed by atoms with van der Waals surface area (Å²) in [6, 6.07) is 11.3. The molecule has 100 valence electrons. The molecular weight excluding hydrogens is 242 g/mol. The topological polar surface area (TPSA) is 56.1 Å². The Balaban J connectivity index is 2.05. The summed E-state index contributed by atoms with van der Waals surface area (Å²) >= 11 is 0. The number of ketones is 1. The van der Waals surface area contributed by atoms with E-state index in [4.69, 9.17) is 4.74 Å². The molecule has 0 saturated heterocycles. The zero-order chi connectivity index (χ0) is 13.5. The van der Waals surface area contributed by atoms with Gasteiger partial charge < -0.3 is 10.1 Å². The average Bonchev–Trinajstić information content (AvgIpc) is 2.94. The van der Waals surface area contributed by atoms with Crippen LogP contribution >= 0.6 is 0 Å². The SMILES string of the molecule is COCCNCC(=O)c1ccnn1-c1ccccc1. The van der Waals surface area contributed by atoms with Gasteiger partial charge in [-0.05, 0) is 18.2 Å². The fraction of sp³-hybridized carbons (Fsp3) is 0.286. The molecule has 0 atom stereocenters. The van der Waals surface area contributed by atoms with Crippen molar-refractivity contribution in [3.8, 4) is 5.69 Å². The van der Waals surface area contributed by atoms with Crippen LogP contribution in [0.4, 0.5) is 0 Å². The Kier molecular flexibility index (Phi) is 4.83. The van der Waals surface area contributed by atoms with Crippen molar-refractivity contribution in [3.05, 3.63) is 48.3 Å². The highest BCUT2D eigenvalue weighted by atomic mass is 16.5. The van der Waals surface area contributed by atoms with Gasteiger partial charge >= 0.3 is 0 Å². The second-order valence-corrected chi connectivity index (χ2v) is 4.06. The predicted molar refractivity (Wildman–Crippen MR) is 72.6 cm³/mol. The standard InChI is InChI=1S/C14H17N3O2/c1-19-10-9-15-11-14(18)13-7-8-16-17(13)12-5-3-2-4-6-12/h2-8,15H,9-11H2,1H3. The van der Waals surface area contributed by atoms with Crippen molar-refractivity contribution in [3.63, 3.8) is 0 Å². The quantitative estimate of drug-likeness (QED) is 0.601. The molecule has 0 saturated carbocycles. The van der Waals surface area contributed by atoms with Gasteiger partial charge in [-0.15, -0.1) is 0 Å². The van der Waals surface area contributed by atoms with Crippen molar-refractivity contribution in [2.75, 3.05) is 26.8 Å². The summed E-state index contributed by atoms with van der Waals surface area (Å²) in [7, 11) is 1.63. The third-order valence-corrected chi connectivity index (χ3v) is 2.70. The van der Waals surface area contributed by atoms with Crippen molar-refractivity contribution in [1.29, 1.82) is 0 Å². The first-order valence-electron chi connectivity index (χ1n) is 6.15. The van der Waals surface area contributed by atoms with E-state index >= 15 is 0 Å². The van der Waals surface area contributed by atoms with Crippen LogP contribution in [0, 0.1) is 0 Å². The second-order valence-electron chi connectivity index (χ2n) is 4.06. The number of aromatic nitrogens is 2. The third kappa shape index (κ3) is 3.49. The molecule has 0 aliphatic rings. The molecule has 2 rings (SSSR count). The molecule has 5 heteroatoms. The molecule has 1 heterocycles. The normalized spacial score (nSPS) is 10.6. The fourth-order valence-electron chi connectivity index (χ4n) is 1.76. The lowest BCUT2D eigenvalue weighted by Crippen LogP contribution is -2.27. The van der Waals surface area contributed by atoms with Crippen molar-refractivity contribution < 1.29 is 9.53 Å². The molecule has 2 aromatic rings. The summed E-state index contributed by atoms with van der Waals surface area (Å²) in [6.45, 7) is 1.52. The molecule has 0 fully saturated rings. The van der Waals surface area contributed by atoms with Crippen molar-refractivity contribution in [2.24, 2.45) is 0 Å². The average molecular weight is 259 g/mol. The molecule has 5 nitrogen and oxygen atoms in total. The fourth-order valence-corrected chi connectivity index (χ4v) is 1.76. The molecule has 19 heavy (non-hydrogen) atoms. The number of hydrogen-bond donors (Lipinski definition) is 1. The summed E-state index contributed by atoms with van der Waals surface area (Å²) in [6.07, 6.45) is 1.63. The minimum absolute atomic E-state index is 0.0115. The van der Waals surface area contributed by atoms with E-state index in [1.807, 2.05) is 30.3 Å². The molecule has 0 bridgehead atoms. The summed E-state index contributed by atoms with van der Waals surface area (Å²) in [5.74, 6) is 0.0115. The van der Waals surface area contributed by atoms with Crippen LogP contribution in [-0.4, -0.2) is 42.4 Å². The molecule has 0 spiro atoms. The molecular formula is C14H17N3O2. The third-order valence-electron chi connectivity index (χ3n) is 2.70. The van der Waals surface area contributed by atoms with Gasteiger partial charge in [-0.1, -0.05) is 18.2 Å². The van der Waals surface area contributed by atoms with Gasteiger partial charge in [0.05, 0.1) is 25.0 Å².